The summed E-state index contributed by atoms with van der Waals surface area (Å²) in [6.07, 6.45) is 0.249. The predicted octanol–water partition coefficient (Wildman–Crippen LogP) is 0.649. The van der Waals surface area contributed by atoms with E-state index in [0.29, 0.717) is 17.7 Å². The zero-order valence-electron chi connectivity index (χ0n) is 14.4. The highest BCUT2D eigenvalue weighted by atomic mass is 16.6. The Hall–Kier alpha value is -3.30. The molecule has 2 amide bonds. The average molecular weight is 385 g/mol. The zero-order chi connectivity index (χ0) is 19.7. The van der Waals surface area contributed by atoms with Gasteiger partial charge in [-0.05, 0) is 12.3 Å². The van der Waals surface area contributed by atoms with E-state index in [1.165, 1.54) is 12.1 Å². The lowest BCUT2D eigenvalue weighted by atomic mass is 9.71. The minimum absolute atomic E-state index is 0.0653. The number of nitro groups is 1. The number of hydrogen-bond acceptors (Lipinski definition) is 7. The van der Waals surface area contributed by atoms with Crippen LogP contribution >= 0.6 is 0 Å². The van der Waals surface area contributed by atoms with Crippen molar-refractivity contribution in [1.29, 1.82) is 0 Å². The largest absolute Gasteiger partial charge is 0.480 e. The molecule has 0 radical (unpaired) electrons. The minimum Gasteiger partial charge on any atom is -0.480 e. The van der Waals surface area contributed by atoms with Gasteiger partial charge in [-0.3, -0.25) is 29.4 Å². The number of rotatable bonds is 4. The lowest BCUT2D eigenvalue weighted by Gasteiger charge is -2.29. The first-order valence-electron chi connectivity index (χ1n) is 8.94. The van der Waals surface area contributed by atoms with Crippen molar-refractivity contribution in [3.63, 3.8) is 0 Å². The van der Waals surface area contributed by atoms with Crippen LogP contribution in [-0.4, -0.2) is 51.1 Å². The van der Waals surface area contributed by atoms with Gasteiger partial charge in [-0.25, -0.2) is 0 Å². The van der Waals surface area contributed by atoms with Crippen molar-refractivity contribution in [2.75, 3.05) is 6.54 Å². The quantitative estimate of drug-likeness (QED) is 0.456. The van der Waals surface area contributed by atoms with Crippen molar-refractivity contribution in [2.45, 2.75) is 12.5 Å². The number of carboxylic acids is 1. The first kappa shape index (κ1) is 16.8. The van der Waals surface area contributed by atoms with Gasteiger partial charge in [0.05, 0.1) is 22.5 Å². The molecule has 10 nitrogen and oxygen atoms in total. The monoisotopic (exact) mass is 385 g/mol. The number of hydrogen-bond donors (Lipinski definition) is 1. The number of benzene rings is 1. The molecule has 4 aliphatic rings. The number of carbonyl (C=O) groups excluding carboxylic acids is 2. The summed E-state index contributed by atoms with van der Waals surface area (Å²) in [5.41, 5.74) is 1.05. The second kappa shape index (κ2) is 5.60. The Morgan fingerprint density at radius 3 is 2.64 bits per heavy atom. The summed E-state index contributed by atoms with van der Waals surface area (Å²) in [7, 11) is 0. The Kier molecular flexibility index (Phi) is 3.37. The molecule has 5 rings (SSSR count). The number of non-ortho nitro benzene ring substituents is 1. The van der Waals surface area contributed by atoms with E-state index in [-0.39, 0.29) is 29.5 Å². The summed E-state index contributed by atoms with van der Waals surface area (Å²) in [6.45, 7) is -0.633. The van der Waals surface area contributed by atoms with Gasteiger partial charge in [0.25, 0.3) is 5.69 Å². The lowest BCUT2D eigenvalue weighted by Crippen LogP contribution is -2.41. The van der Waals surface area contributed by atoms with E-state index in [2.05, 4.69) is 5.16 Å². The van der Waals surface area contributed by atoms with Crippen molar-refractivity contribution in [3.8, 4) is 0 Å². The van der Waals surface area contributed by atoms with E-state index in [9.17, 15) is 24.5 Å². The summed E-state index contributed by atoms with van der Waals surface area (Å²) < 4.78 is 0. The van der Waals surface area contributed by atoms with Crippen LogP contribution in [0, 0.1) is 39.7 Å². The summed E-state index contributed by atoms with van der Waals surface area (Å²) in [5.74, 6) is -3.93. The van der Waals surface area contributed by atoms with Gasteiger partial charge in [0.2, 0.25) is 11.8 Å². The van der Waals surface area contributed by atoms with Gasteiger partial charge in [-0.1, -0.05) is 17.3 Å². The smallest absolute Gasteiger partial charge is 0.323 e. The SMILES string of the molecule is O=C(O)CN1C(=O)[C@@H]2[C@H]3C[C@@H]([C@@H]4ON=C(c5cccc([N+](=O)[O-])c5)[C@@H]34)[C@H]2C1=O. The molecular formula is C18H15N3O7. The number of likely N-dealkylation sites (tertiary alicyclic amines) is 1. The third-order valence-corrected chi connectivity index (χ3v) is 6.43. The maximum atomic E-state index is 12.8. The molecule has 1 aromatic carbocycles. The second-order valence-electron chi connectivity index (χ2n) is 7.65. The fraction of sp³-hybridized carbons (Fsp3) is 0.444. The molecule has 1 aromatic rings. The Balaban J connectivity index is 1.47. The third kappa shape index (κ3) is 2.08. The molecule has 2 saturated carbocycles. The molecule has 2 aliphatic carbocycles. The zero-order valence-corrected chi connectivity index (χ0v) is 14.4. The Morgan fingerprint density at radius 1 is 1.25 bits per heavy atom. The molecule has 2 aliphatic heterocycles. The number of imide groups is 1. The number of oxime groups is 1. The first-order valence-corrected chi connectivity index (χ1v) is 8.94. The van der Waals surface area contributed by atoms with E-state index in [4.69, 9.17) is 9.94 Å². The molecule has 0 spiro atoms. The number of nitro benzene ring substituents is 1. The van der Waals surface area contributed by atoms with Gasteiger partial charge in [-0.15, -0.1) is 0 Å². The molecule has 1 saturated heterocycles. The standard InChI is InChI=1S/C18H15N3O7/c22-11(23)6-20-17(24)12-9-5-10(13(12)18(20)25)16-14(9)15(19-28-16)7-2-1-3-8(4-7)21(26)27/h1-4,9-10,12-14,16H,5-6H2,(H,22,23)/t9-,10-,12-,13-,14-,16+/m1/s1. The number of amides is 2. The second-order valence-corrected chi connectivity index (χ2v) is 7.65. The normalized spacial score (nSPS) is 34.9. The van der Waals surface area contributed by atoms with Crippen LogP contribution in [0.25, 0.3) is 0 Å². The number of aliphatic carboxylic acids is 1. The number of carbonyl (C=O) groups is 3. The molecule has 1 N–H and O–H groups in total. The molecule has 0 unspecified atom stereocenters. The van der Waals surface area contributed by atoms with Crippen LogP contribution in [-0.2, 0) is 19.2 Å². The lowest BCUT2D eigenvalue weighted by molar-refractivity contribution is -0.384. The number of nitrogens with zero attached hydrogens (tertiary/aromatic N) is 3. The molecule has 2 heterocycles. The number of fused-ring (bicyclic) bond motifs is 8. The van der Waals surface area contributed by atoms with Crippen molar-refractivity contribution < 1.29 is 29.3 Å². The van der Waals surface area contributed by atoms with Crippen LogP contribution in [0.15, 0.2) is 29.4 Å². The molecule has 144 valence electrons. The topological polar surface area (TPSA) is 139 Å². The summed E-state index contributed by atoms with van der Waals surface area (Å²) >= 11 is 0. The molecule has 2 bridgehead atoms. The van der Waals surface area contributed by atoms with Gasteiger partial charge in [-0.2, -0.15) is 0 Å². The van der Waals surface area contributed by atoms with E-state index in [0.717, 1.165) is 4.90 Å². The Bertz CT molecular complexity index is 974. The van der Waals surface area contributed by atoms with Crippen LogP contribution in [0.1, 0.15) is 12.0 Å². The van der Waals surface area contributed by atoms with Crippen LogP contribution in [0.5, 0.6) is 0 Å². The average Bonchev–Trinajstić information content (AvgIpc) is 3.38. The van der Waals surface area contributed by atoms with Crippen molar-refractivity contribution in [2.24, 2.45) is 34.7 Å². The van der Waals surface area contributed by atoms with Gasteiger partial charge >= 0.3 is 5.97 Å². The van der Waals surface area contributed by atoms with Crippen LogP contribution in [0.3, 0.4) is 0 Å². The fourth-order valence-electron chi connectivity index (χ4n) is 5.50. The summed E-state index contributed by atoms with van der Waals surface area (Å²) in [4.78, 5) is 53.5. The highest BCUT2D eigenvalue weighted by molar-refractivity contribution is 6.10. The van der Waals surface area contributed by atoms with E-state index >= 15 is 0 Å². The Morgan fingerprint density at radius 2 is 1.96 bits per heavy atom. The van der Waals surface area contributed by atoms with E-state index in [1.807, 2.05) is 0 Å². The number of carboxylic acid groups (broad SMARTS) is 1. The Labute approximate surface area is 157 Å². The van der Waals surface area contributed by atoms with Crippen molar-refractivity contribution in [1.82, 2.24) is 4.90 Å². The highest BCUT2D eigenvalue weighted by Gasteiger charge is 2.70. The first-order chi connectivity index (χ1) is 13.4. The van der Waals surface area contributed by atoms with Crippen molar-refractivity contribution in [3.05, 3.63) is 39.9 Å². The molecule has 10 heteroatoms. The van der Waals surface area contributed by atoms with E-state index in [1.54, 1.807) is 12.1 Å². The maximum absolute atomic E-state index is 12.8. The van der Waals surface area contributed by atoms with Crippen LogP contribution in [0.2, 0.25) is 0 Å². The van der Waals surface area contributed by atoms with Gasteiger partial charge in [0.1, 0.15) is 12.6 Å². The molecule has 6 atom stereocenters. The third-order valence-electron chi connectivity index (χ3n) is 6.43. The minimum atomic E-state index is -1.23. The van der Waals surface area contributed by atoms with E-state index < -0.39 is 41.1 Å². The molecule has 28 heavy (non-hydrogen) atoms. The molecule has 3 fully saturated rings. The van der Waals surface area contributed by atoms with Crippen LogP contribution < -0.4 is 0 Å². The molecular weight excluding hydrogens is 370 g/mol. The van der Waals surface area contributed by atoms with Gasteiger partial charge in [0, 0.05) is 29.5 Å². The highest BCUT2D eigenvalue weighted by Crippen LogP contribution is 2.61. The van der Waals surface area contributed by atoms with Crippen molar-refractivity contribution >= 4 is 29.2 Å². The summed E-state index contributed by atoms with van der Waals surface area (Å²) in [6, 6.07) is 6.08. The van der Waals surface area contributed by atoms with Crippen LogP contribution in [0.4, 0.5) is 5.69 Å². The predicted molar refractivity (Wildman–Crippen MR) is 90.9 cm³/mol. The van der Waals surface area contributed by atoms with Gasteiger partial charge < -0.3 is 9.94 Å². The van der Waals surface area contributed by atoms with Gasteiger partial charge in [0.15, 0.2) is 0 Å². The fourth-order valence-corrected chi connectivity index (χ4v) is 5.50. The molecule has 0 aromatic heterocycles. The summed E-state index contributed by atoms with van der Waals surface area (Å²) in [5, 5.41) is 24.2. The maximum Gasteiger partial charge on any atom is 0.323 e.